The topological polar surface area (TPSA) is 59.0 Å². The van der Waals surface area contributed by atoms with Crippen LogP contribution in [-0.2, 0) is 14.3 Å². The summed E-state index contributed by atoms with van der Waals surface area (Å²) in [5.74, 6) is -0.593. The van der Waals surface area contributed by atoms with Crippen molar-refractivity contribution < 1.29 is 14.3 Å². The Morgan fingerprint density at radius 3 is 2.62 bits per heavy atom. The number of benzene rings is 1. The number of carbonyl (C=O) groups is 2. The lowest BCUT2D eigenvalue weighted by molar-refractivity contribution is -0.135. The van der Waals surface area contributed by atoms with Crippen LogP contribution in [-0.4, -0.2) is 24.2 Å². The quantitative estimate of drug-likeness (QED) is 0.800. The number of carbonyl (C=O) groups excluding carboxylic acids is 2. The minimum atomic E-state index is -0.440. The fourth-order valence-electron chi connectivity index (χ4n) is 2.33. The van der Waals surface area contributed by atoms with Crippen molar-refractivity contribution in [2.24, 2.45) is 16.9 Å². The lowest BCUT2D eigenvalue weighted by Crippen LogP contribution is -2.42. The van der Waals surface area contributed by atoms with Gasteiger partial charge in [0, 0.05) is 12.3 Å². The lowest BCUT2D eigenvalue weighted by Gasteiger charge is -2.30. The van der Waals surface area contributed by atoms with Gasteiger partial charge in [-0.25, -0.2) is 9.80 Å². The molecule has 1 atom stereocenters. The van der Waals surface area contributed by atoms with Gasteiger partial charge in [0.25, 0.3) is 0 Å². The summed E-state index contributed by atoms with van der Waals surface area (Å²) in [5, 5.41) is 5.58. The van der Waals surface area contributed by atoms with E-state index in [9.17, 15) is 9.59 Å². The van der Waals surface area contributed by atoms with Crippen molar-refractivity contribution in [3.8, 4) is 0 Å². The Bertz CT molecular complexity index is 552. The van der Waals surface area contributed by atoms with Crippen LogP contribution in [0.5, 0.6) is 0 Å². The van der Waals surface area contributed by atoms with E-state index in [-0.39, 0.29) is 24.2 Å². The van der Waals surface area contributed by atoms with Gasteiger partial charge in [0.2, 0.25) is 5.91 Å². The second kappa shape index (κ2) is 6.52. The highest BCUT2D eigenvalue weighted by atomic mass is 16.5. The van der Waals surface area contributed by atoms with Gasteiger partial charge in [0.1, 0.15) is 5.71 Å². The van der Waals surface area contributed by atoms with Crippen molar-refractivity contribution in [3.05, 3.63) is 30.3 Å². The van der Waals surface area contributed by atoms with E-state index in [4.69, 9.17) is 4.74 Å². The van der Waals surface area contributed by atoms with Gasteiger partial charge in [-0.2, -0.15) is 5.10 Å². The van der Waals surface area contributed by atoms with Gasteiger partial charge in [0.05, 0.1) is 12.3 Å². The van der Waals surface area contributed by atoms with Crippen LogP contribution in [0.2, 0.25) is 0 Å². The number of hydrogen-bond donors (Lipinski definition) is 0. The minimum absolute atomic E-state index is 0.104. The first kappa shape index (κ1) is 15.2. The van der Waals surface area contributed by atoms with E-state index in [1.807, 2.05) is 32.0 Å². The molecule has 5 heteroatoms. The van der Waals surface area contributed by atoms with E-state index in [1.165, 1.54) is 5.01 Å². The van der Waals surface area contributed by atoms with Crippen LogP contribution in [0.15, 0.2) is 35.4 Å². The third-order valence-electron chi connectivity index (χ3n) is 3.48. The van der Waals surface area contributed by atoms with E-state index in [0.717, 1.165) is 0 Å². The average molecular weight is 288 g/mol. The summed E-state index contributed by atoms with van der Waals surface area (Å²) in [6, 6.07) is 9.11. The molecule has 21 heavy (non-hydrogen) atoms. The summed E-state index contributed by atoms with van der Waals surface area (Å²) in [7, 11) is 0. The van der Waals surface area contributed by atoms with Crippen molar-refractivity contribution in [2.75, 3.05) is 11.6 Å². The SMILES string of the molecule is CCOC(=O)C1=NN(c2ccccc2)C(=O)C[C@H]1C(C)C. The molecule has 1 aliphatic heterocycles. The molecule has 1 amide bonds. The van der Waals surface area contributed by atoms with Gasteiger partial charge in [0.15, 0.2) is 0 Å². The van der Waals surface area contributed by atoms with Gasteiger partial charge in [-0.15, -0.1) is 0 Å². The Labute approximate surface area is 124 Å². The second-order valence-corrected chi connectivity index (χ2v) is 5.30. The van der Waals surface area contributed by atoms with E-state index >= 15 is 0 Å². The number of anilines is 1. The summed E-state index contributed by atoms with van der Waals surface area (Å²) < 4.78 is 5.07. The molecule has 0 N–H and O–H groups in total. The summed E-state index contributed by atoms with van der Waals surface area (Å²) >= 11 is 0. The predicted octanol–water partition coefficient (Wildman–Crippen LogP) is 2.61. The zero-order valence-corrected chi connectivity index (χ0v) is 12.6. The molecule has 0 unspecified atom stereocenters. The third kappa shape index (κ3) is 3.29. The molecule has 1 aromatic rings. The molecule has 0 spiro atoms. The van der Waals surface area contributed by atoms with Crippen molar-refractivity contribution in [2.45, 2.75) is 27.2 Å². The highest BCUT2D eigenvalue weighted by Crippen LogP contribution is 2.27. The molecule has 1 heterocycles. The van der Waals surface area contributed by atoms with Gasteiger partial charge in [-0.05, 0) is 25.0 Å². The van der Waals surface area contributed by atoms with Crippen molar-refractivity contribution >= 4 is 23.3 Å². The Morgan fingerprint density at radius 1 is 1.38 bits per heavy atom. The fraction of sp³-hybridized carbons (Fsp3) is 0.438. The molecule has 1 aromatic carbocycles. The van der Waals surface area contributed by atoms with E-state index in [1.54, 1.807) is 19.1 Å². The van der Waals surface area contributed by atoms with Crippen LogP contribution in [0.25, 0.3) is 0 Å². The van der Waals surface area contributed by atoms with Crippen LogP contribution in [0, 0.1) is 11.8 Å². The number of hydrazone groups is 1. The van der Waals surface area contributed by atoms with Crippen molar-refractivity contribution in [3.63, 3.8) is 0 Å². The molecule has 0 aromatic heterocycles. The van der Waals surface area contributed by atoms with Gasteiger partial charge < -0.3 is 4.74 Å². The van der Waals surface area contributed by atoms with Gasteiger partial charge in [-0.1, -0.05) is 32.0 Å². The molecule has 0 radical (unpaired) electrons. The predicted molar refractivity (Wildman–Crippen MR) is 80.9 cm³/mol. The first-order valence-corrected chi connectivity index (χ1v) is 7.18. The van der Waals surface area contributed by atoms with Crippen LogP contribution in [0.1, 0.15) is 27.2 Å². The van der Waals surface area contributed by atoms with Crippen molar-refractivity contribution in [1.82, 2.24) is 0 Å². The standard InChI is InChI=1S/C16H20N2O3/c1-4-21-16(20)15-13(11(2)3)10-14(19)18(17-15)12-8-6-5-7-9-12/h5-9,11,13H,4,10H2,1-3H3/t13-/m0/s1. The summed E-state index contributed by atoms with van der Waals surface area (Å²) in [4.78, 5) is 24.4. The molecular formula is C16H20N2O3. The van der Waals surface area contributed by atoms with Gasteiger partial charge in [-0.3, -0.25) is 4.79 Å². The maximum Gasteiger partial charge on any atom is 0.354 e. The van der Waals surface area contributed by atoms with Crippen LogP contribution in [0.3, 0.4) is 0 Å². The highest BCUT2D eigenvalue weighted by molar-refractivity contribution is 6.38. The van der Waals surface area contributed by atoms with Crippen molar-refractivity contribution in [1.29, 1.82) is 0 Å². The van der Waals surface area contributed by atoms with Crippen LogP contribution < -0.4 is 5.01 Å². The first-order valence-electron chi connectivity index (χ1n) is 7.18. The highest BCUT2D eigenvalue weighted by Gasteiger charge is 2.36. The summed E-state index contributed by atoms with van der Waals surface area (Å²) in [6.07, 6.45) is 0.268. The Balaban J connectivity index is 2.39. The number of hydrogen-bond acceptors (Lipinski definition) is 4. The average Bonchev–Trinajstić information content (AvgIpc) is 2.48. The molecule has 0 saturated carbocycles. The molecule has 2 rings (SSSR count). The minimum Gasteiger partial charge on any atom is -0.461 e. The molecule has 0 saturated heterocycles. The summed E-state index contributed by atoms with van der Waals surface area (Å²) in [6.45, 7) is 6.00. The number of nitrogens with zero attached hydrogens (tertiary/aromatic N) is 2. The number of ether oxygens (including phenoxy) is 1. The Morgan fingerprint density at radius 2 is 2.05 bits per heavy atom. The number of esters is 1. The number of rotatable bonds is 4. The molecular weight excluding hydrogens is 268 g/mol. The van der Waals surface area contributed by atoms with Gasteiger partial charge >= 0.3 is 5.97 Å². The fourth-order valence-corrected chi connectivity index (χ4v) is 2.33. The zero-order valence-electron chi connectivity index (χ0n) is 12.6. The number of para-hydroxylation sites is 1. The second-order valence-electron chi connectivity index (χ2n) is 5.30. The maximum atomic E-state index is 12.3. The summed E-state index contributed by atoms with van der Waals surface area (Å²) in [5.41, 5.74) is 0.988. The van der Waals surface area contributed by atoms with Crippen LogP contribution in [0.4, 0.5) is 5.69 Å². The Hall–Kier alpha value is -2.17. The van der Waals surface area contributed by atoms with E-state index in [0.29, 0.717) is 18.0 Å². The number of amides is 1. The normalized spacial score (nSPS) is 18.7. The molecule has 0 bridgehead atoms. The molecule has 112 valence electrons. The molecule has 5 nitrogen and oxygen atoms in total. The first-order chi connectivity index (χ1) is 10.0. The van der Waals surface area contributed by atoms with Crippen LogP contribution >= 0.6 is 0 Å². The maximum absolute atomic E-state index is 12.3. The third-order valence-corrected chi connectivity index (χ3v) is 3.48. The van der Waals surface area contributed by atoms with E-state index in [2.05, 4.69) is 5.10 Å². The monoisotopic (exact) mass is 288 g/mol. The molecule has 0 fully saturated rings. The largest absolute Gasteiger partial charge is 0.461 e. The Kier molecular flexibility index (Phi) is 4.73. The zero-order chi connectivity index (χ0) is 15.4. The molecule has 1 aliphatic rings. The van der Waals surface area contributed by atoms with E-state index < -0.39 is 5.97 Å². The molecule has 0 aliphatic carbocycles. The smallest absolute Gasteiger partial charge is 0.354 e. The lowest BCUT2D eigenvalue weighted by atomic mass is 9.86.